The summed E-state index contributed by atoms with van der Waals surface area (Å²) in [5, 5.41) is 0. The lowest BCUT2D eigenvalue weighted by atomic mass is 9.66. The first-order valence-corrected chi connectivity index (χ1v) is 9.32. The molecule has 122 valence electrons. The van der Waals surface area contributed by atoms with Gasteiger partial charge in [0.2, 0.25) is 0 Å². The summed E-state index contributed by atoms with van der Waals surface area (Å²) in [4.78, 5) is 0. The molecule has 20 heavy (non-hydrogen) atoms. The van der Waals surface area contributed by atoms with Crippen LogP contribution in [0.5, 0.6) is 0 Å². The Kier molecular flexibility index (Phi) is 9.11. The molecular formula is C20H42. The van der Waals surface area contributed by atoms with Crippen molar-refractivity contribution >= 4 is 0 Å². The molecule has 0 radical (unpaired) electrons. The van der Waals surface area contributed by atoms with Crippen LogP contribution in [-0.4, -0.2) is 0 Å². The fourth-order valence-corrected chi connectivity index (χ4v) is 3.70. The summed E-state index contributed by atoms with van der Waals surface area (Å²) in [6.45, 7) is 19.3. The van der Waals surface area contributed by atoms with E-state index < -0.39 is 0 Å². The molecule has 0 N–H and O–H groups in total. The Morgan fingerprint density at radius 3 is 1.65 bits per heavy atom. The van der Waals surface area contributed by atoms with Crippen LogP contribution in [-0.2, 0) is 0 Å². The third-order valence-electron chi connectivity index (χ3n) is 6.89. The van der Waals surface area contributed by atoms with Gasteiger partial charge < -0.3 is 0 Å². The Labute approximate surface area is 130 Å². The first-order valence-electron chi connectivity index (χ1n) is 9.32. The van der Waals surface area contributed by atoms with E-state index in [0.717, 1.165) is 11.8 Å². The van der Waals surface area contributed by atoms with E-state index in [1.807, 2.05) is 0 Å². The van der Waals surface area contributed by atoms with Gasteiger partial charge in [0.05, 0.1) is 0 Å². The molecule has 0 rings (SSSR count). The monoisotopic (exact) mass is 282 g/mol. The molecule has 0 spiro atoms. The van der Waals surface area contributed by atoms with Crippen LogP contribution in [0, 0.1) is 22.7 Å². The van der Waals surface area contributed by atoms with Crippen molar-refractivity contribution in [3.63, 3.8) is 0 Å². The second-order valence-electron chi connectivity index (χ2n) is 7.73. The zero-order chi connectivity index (χ0) is 15.8. The average Bonchev–Trinajstić information content (AvgIpc) is 2.49. The highest BCUT2D eigenvalue weighted by molar-refractivity contribution is 4.83. The highest BCUT2D eigenvalue weighted by atomic mass is 14.4. The van der Waals surface area contributed by atoms with E-state index in [4.69, 9.17) is 0 Å². The van der Waals surface area contributed by atoms with Crippen molar-refractivity contribution in [2.75, 3.05) is 0 Å². The first-order chi connectivity index (χ1) is 9.32. The van der Waals surface area contributed by atoms with Gasteiger partial charge in [-0.2, -0.15) is 0 Å². The minimum Gasteiger partial charge on any atom is -0.0651 e. The van der Waals surface area contributed by atoms with E-state index in [1.165, 1.54) is 51.4 Å². The normalized spacial score (nSPS) is 16.2. The van der Waals surface area contributed by atoms with Gasteiger partial charge in [0, 0.05) is 0 Å². The van der Waals surface area contributed by atoms with Gasteiger partial charge in [-0.3, -0.25) is 0 Å². The van der Waals surface area contributed by atoms with Crippen LogP contribution in [0.4, 0.5) is 0 Å². The van der Waals surface area contributed by atoms with Gasteiger partial charge in [-0.25, -0.2) is 0 Å². The van der Waals surface area contributed by atoms with Gasteiger partial charge in [0.25, 0.3) is 0 Å². The summed E-state index contributed by atoms with van der Waals surface area (Å²) in [5.74, 6) is 1.74. The van der Waals surface area contributed by atoms with E-state index in [9.17, 15) is 0 Å². The van der Waals surface area contributed by atoms with Crippen molar-refractivity contribution in [1.82, 2.24) is 0 Å². The number of rotatable bonds is 11. The van der Waals surface area contributed by atoms with Crippen molar-refractivity contribution < 1.29 is 0 Å². The Hall–Kier alpha value is 0. The molecule has 0 aliphatic heterocycles. The summed E-state index contributed by atoms with van der Waals surface area (Å²) < 4.78 is 0. The summed E-state index contributed by atoms with van der Waals surface area (Å²) in [6, 6.07) is 0. The minimum atomic E-state index is 0.545. The minimum absolute atomic E-state index is 0.545. The molecule has 2 atom stereocenters. The quantitative estimate of drug-likeness (QED) is 0.368. The predicted molar refractivity (Wildman–Crippen MR) is 94.2 cm³/mol. The smallest absolute Gasteiger partial charge is 0.0300 e. The molecule has 0 aliphatic rings. The molecule has 0 nitrogen and oxygen atoms in total. The first kappa shape index (κ1) is 20.0. The van der Waals surface area contributed by atoms with E-state index >= 15 is 0 Å². The molecule has 0 aromatic carbocycles. The van der Waals surface area contributed by atoms with Gasteiger partial charge in [-0.15, -0.1) is 0 Å². The molecule has 0 aliphatic carbocycles. The maximum atomic E-state index is 2.49. The molecule has 0 bridgehead atoms. The van der Waals surface area contributed by atoms with Gasteiger partial charge in [-0.1, -0.05) is 87.5 Å². The number of hydrogen-bond acceptors (Lipinski definition) is 0. The Bertz CT molecular complexity index is 232. The summed E-state index contributed by atoms with van der Waals surface area (Å²) in [5.41, 5.74) is 1.15. The van der Waals surface area contributed by atoms with Crippen LogP contribution in [0.3, 0.4) is 0 Å². The Morgan fingerprint density at radius 2 is 1.30 bits per heavy atom. The molecule has 0 heterocycles. The van der Waals surface area contributed by atoms with E-state index in [-0.39, 0.29) is 0 Å². The lowest BCUT2D eigenvalue weighted by molar-refractivity contribution is 0.120. The Balaban J connectivity index is 4.69. The van der Waals surface area contributed by atoms with Crippen molar-refractivity contribution in [1.29, 1.82) is 0 Å². The molecule has 0 amide bonds. The summed E-state index contributed by atoms with van der Waals surface area (Å²) >= 11 is 0. The lowest BCUT2D eigenvalue weighted by Gasteiger charge is -2.39. The highest BCUT2D eigenvalue weighted by Crippen LogP contribution is 2.44. The molecule has 2 unspecified atom stereocenters. The second kappa shape index (κ2) is 9.11. The highest BCUT2D eigenvalue weighted by Gasteiger charge is 2.32. The molecule has 0 saturated carbocycles. The van der Waals surface area contributed by atoms with E-state index in [0.29, 0.717) is 10.8 Å². The van der Waals surface area contributed by atoms with Crippen LogP contribution < -0.4 is 0 Å². The van der Waals surface area contributed by atoms with Crippen molar-refractivity contribution in [3.05, 3.63) is 0 Å². The molecule has 0 aromatic heterocycles. The summed E-state index contributed by atoms with van der Waals surface area (Å²) in [6.07, 6.45) is 11.0. The van der Waals surface area contributed by atoms with Crippen LogP contribution in [0.1, 0.15) is 107 Å². The molecule has 0 fully saturated rings. The van der Waals surface area contributed by atoms with Gasteiger partial charge in [0.1, 0.15) is 0 Å². The van der Waals surface area contributed by atoms with Crippen molar-refractivity contribution in [3.8, 4) is 0 Å². The van der Waals surface area contributed by atoms with Crippen LogP contribution in [0.25, 0.3) is 0 Å². The standard InChI is InChI=1S/C20H42/c1-9-17(6)16-20(12-4,13-5)15-14-18(7)19(8,10-2)11-3/h17-18H,9-16H2,1-8H3. The fourth-order valence-electron chi connectivity index (χ4n) is 3.70. The average molecular weight is 283 g/mol. The third kappa shape index (κ3) is 5.41. The maximum absolute atomic E-state index is 2.49. The number of hydrogen-bond donors (Lipinski definition) is 0. The molecule has 0 saturated heterocycles. The fraction of sp³-hybridized carbons (Fsp3) is 1.00. The molecule has 0 aromatic rings. The largest absolute Gasteiger partial charge is 0.0651 e. The SMILES string of the molecule is CCC(C)CC(CC)(CC)CCC(C)C(C)(CC)CC. The van der Waals surface area contributed by atoms with Crippen LogP contribution in [0.15, 0.2) is 0 Å². The second-order valence-corrected chi connectivity index (χ2v) is 7.73. The lowest BCUT2D eigenvalue weighted by Crippen LogP contribution is -2.28. The van der Waals surface area contributed by atoms with Crippen molar-refractivity contribution in [2.45, 2.75) is 107 Å². The third-order valence-corrected chi connectivity index (χ3v) is 6.89. The van der Waals surface area contributed by atoms with E-state index in [2.05, 4.69) is 55.4 Å². The predicted octanol–water partition coefficient (Wildman–Crippen LogP) is 7.47. The molecule has 0 heteroatoms. The van der Waals surface area contributed by atoms with Gasteiger partial charge in [0.15, 0.2) is 0 Å². The summed E-state index contributed by atoms with van der Waals surface area (Å²) in [7, 11) is 0. The van der Waals surface area contributed by atoms with Gasteiger partial charge >= 0.3 is 0 Å². The zero-order valence-corrected chi connectivity index (χ0v) is 15.8. The van der Waals surface area contributed by atoms with Crippen LogP contribution >= 0.6 is 0 Å². The Morgan fingerprint density at radius 1 is 0.800 bits per heavy atom. The van der Waals surface area contributed by atoms with Gasteiger partial charge in [-0.05, 0) is 41.9 Å². The van der Waals surface area contributed by atoms with Crippen molar-refractivity contribution in [2.24, 2.45) is 22.7 Å². The maximum Gasteiger partial charge on any atom is -0.0300 e. The van der Waals surface area contributed by atoms with E-state index in [1.54, 1.807) is 0 Å². The topological polar surface area (TPSA) is 0 Å². The zero-order valence-electron chi connectivity index (χ0n) is 15.8. The van der Waals surface area contributed by atoms with Crippen LogP contribution in [0.2, 0.25) is 0 Å². The molecular weight excluding hydrogens is 240 g/mol.